The first-order valence-corrected chi connectivity index (χ1v) is 6.38. The van der Waals surface area contributed by atoms with Gasteiger partial charge in [0.15, 0.2) is 0 Å². The fourth-order valence-electron chi connectivity index (χ4n) is 1.02. The number of amides is 2. The van der Waals surface area contributed by atoms with Crippen LogP contribution in [-0.2, 0) is 19.1 Å². The van der Waals surface area contributed by atoms with Crippen LogP contribution in [0.1, 0.15) is 47.0 Å². The molecular formula is C11H23BN2O4. The van der Waals surface area contributed by atoms with Crippen LogP contribution >= 0.6 is 0 Å². The van der Waals surface area contributed by atoms with E-state index in [9.17, 15) is 9.59 Å². The summed E-state index contributed by atoms with van der Waals surface area (Å²) in [5.41, 5.74) is 4.57. The summed E-state index contributed by atoms with van der Waals surface area (Å²) in [6, 6.07) is 0. The monoisotopic (exact) mass is 258 g/mol. The van der Waals surface area contributed by atoms with Crippen molar-refractivity contribution in [1.29, 1.82) is 0 Å². The summed E-state index contributed by atoms with van der Waals surface area (Å²) in [6.45, 7) is 7.60. The molecule has 6 nitrogen and oxygen atoms in total. The Kier molecular flexibility index (Phi) is 9.31. The topological polar surface area (TPSA) is 76.7 Å². The van der Waals surface area contributed by atoms with Crippen LogP contribution in [0.15, 0.2) is 0 Å². The van der Waals surface area contributed by atoms with Gasteiger partial charge in [-0.1, -0.05) is 34.1 Å². The van der Waals surface area contributed by atoms with E-state index >= 15 is 0 Å². The maximum absolute atomic E-state index is 11.1. The first kappa shape index (κ1) is 16.9. The molecule has 0 aliphatic carbocycles. The van der Waals surface area contributed by atoms with E-state index in [0.717, 1.165) is 6.42 Å². The molecule has 0 radical (unpaired) electrons. The molecule has 2 N–H and O–H groups in total. The molecule has 0 aromatic carbocycles. The van der Waals surface area contributed by atoms with Crippen LogP contribution in [0.25, 0.3) is 0 Å². The molecule has 18 heavy (non-hydrogen) atoms. The minimum absolute atomic E-state index is 0.227. The van der Waals surface area contributed by atoms with Gasteiger partial charge in [0.25, 0.3) is 0 Å². The van der Waals surface area contributed by atoms with Crippen molar-refractivity contribution in [1.82, 2.24) is 11.0 Å². The third kappa shape index (κ3) is 9.01. The lowest BCUT2D eigenvalue weighted by atomic mass is 9.81. The summed E-state index contributed by atoms with van der Waals surface area (Å²) in [7, 11) is -0.668. The fraction of sp³-hybridized carbons (Fsp3) is 0.818. The summed E-state index contributed by atoms with van der Waals surface area (Å²) < 4.78 is 10.2. The Bertz CT molecular complexity index is 241. The number of hydrogen-bond donors (Lipinski definition) is 2. The minimum atomic E-state index is -0.668. The quantitative estimate of drug-likeness (QED) is 0.484. The van der Waals surface area contributed by atoms with Gasteiger partial charge in [-0.15, -0.1) is 0 Å². The Morgan fingerprint density at radius 1 is 1.06 bits per heavy atom. The average molecular weight is 258 g/mol. The second-order valence-electron chi connectivity index (χ2n) is 4.39. The third-order valence-electron chi connectivity index (χ3n) is 2.23. The van der Waals surface area contributed by atoms with E-state index in [1.807, 2.05) is 0 Å². The Morgan fingerprint density at radius 3 is 1.83 bits per heavy atom. The highest BCUT2D eigenvalue weighted by Crippen LogP contribution is 2.08. The molecule has 0 spiro atoms. The van der Waals surface area contributed by atoms with Gasteiger partial charge in [-0.25, -0.2) is 11.0 Å². The summed E-state index contributed by atoms with van der Waals surface area (Å²) in [5, 5.41) is 0. The lowest BCUT2D eigenvalue weighted by Crippen LogP contribution is -2.39. The lowest BCUT2D eigenvalue weighted by molar-refractivity contribution is -0.130. The summed E-state index contributed by atoms with van der Waals surface area (Å²) in [6.07, 6.45) is 2.12. The van der Waals surface area contributed by atoms with Crippen molar-refractivity contribution in [3.63, 3.8) is 0 Å². The molecule has 0 saturated carbocycles. The van der Waals surface area contributed by atoms with Gasteiger partial charge in [0.2, 0.25) is 11.8 Å². The van der Waals surface area contributed by atoms with Crippen molar-refractivity contribution in [2.75, 3.05) is 0 Å². The molecule has 104 valence electrons. The van der Waals surface area contributed by atoms with Gasteiger partial charge in [0, 0.05) is 12.8 Å². The molecule has 0 aromatic rings. The van der Waals surface area contributed by atoms with Crippen molar-refractivity contribution >= 4 is 18.9 Å². The summed E-state index contributed by atoms with van der Waals surface area (Å²) >= 11 is 0. The Labute approximate surface area is 109 Å². The van der Waals surface area contributed by atoms with E-state index in [2.05, 4.69) is 24.8 Å². The Morgan fingerprint density at radius 2 is 1.50 bits per heavy atom. The van der Waals surface area contributed by atoms with Gasteiger partial charge in [0.1, 0.15) is 0 Å². The van der Waals surface area contributed by atoms with Gasteiger partial charge in [-0.05, 0) is 12.2 Å². The van der Waals surface area contributed by atoms with Crippen molar-refractivity contribution in [2.24, 2.45) is 5.92 Å². The number of carbonyl (C=O) groups excluding carboxylic acids is 2. The van der Waals surface area contributed by atoms with Crippen molar-refractivity contribution in [3.8, 4) is 0 Å². The third-order valence-corrected chi connectivity index (χ3v) is 2.23. The Balaban J connectivity index is 4.06. The van der Waals surface area contributed by atoms with E-state index in [1.165, 1.54) is 0 Å². The number of nitrogens with one attached hydrogen (secondary N) is 2. The predicted molar refractivity (Wildman–Crippen MR) is 69.1 cm³/mol. The van der Waals surface area contributed by atoms with E-state index < -0.39 is 7.12 Å². The standard InChI is InChI=1S/C11H23BN2O4/c1-5-10(15)13-17-12(8-7-9(3)4)18-14-11(16)6-2/h9H,5-8H2,1-4H3,(H,13,15)(H,14,16). The first-order chi connectivity index (χ1) is 8.49. The van der Waals surface area contributed by atoms with E-state index in [1.54, 1.807) is 13.8 Å². The van der Waals surface area contributed by atoms with Gasteiger partial charge < -0.3 is 0 Å². The van der Waals surface area contributed by atoms with Crippen LogP contribution < -0.4 is 11.0 Å². The number of rotatable bonds is 9. The molecule has 0 unspecified atom stereocenters. The molecule has 2 amide bonds. The van der Waals surface area contributed by atoms with E-state index in [-0.39, 0.29) is 11.8 Å². The summed E-state index contributed by atoms with van der Waals surface area (Å²) in [4.78, 5) is 22.1. The van der Waals surface area contributed by atoms with Crippen molar-refractivity contribution < 1.29 is 19.1 Å². The maximum Gasteiger partial charge on any atom is 0.504 e. The smallest absolute Gasteiger partial charge is 0.297 e. The molecule has 7 heteroatoms. The molecule has 0 heterocycles. The van der Waals surface area contributed by atoms with E-state index in [4.69, 9.17) is 9.51 Å². The van der Waals surface area contributed by atoms with Crippen LogP contribution in [0.2, 0.25) is 6.32 Å². The molecular weight excluding hydrogens is 235 g/mol. The van der Waals surface area contributed by atoms with Crippen LogP contribution in [0, 0.1) is 5.92 Å². The van der Waals surface area contributed by atoms with Gasteiger partial charge in [-0.3, -0.25) is 19.1 Å². The second-order valence-corrected chi connectivity index (χ2v) is 4.39. The highest BCUT2D eigenvalue weighted by Gasteiger charge is 2.21. The number of carbonyl (C=O) groups is 2. The van der Waals surface area contributed by atoms with Gasteiger partial charge in [0.05, 0.1) is 0 Å². The predicted octanol–water partition coefficient (Wildman–Crippen LogP) is 1.44. The van der Waals surface area contributed by atoms with Crippen LogP contribution in [-0.4, -0.2) is 18.9 Å². The van der Waals surface area contributed by atoms with Crippen LogP contribution in [0.5, 0.6) is 0 Å². The number of hydrogen-bond acceptors (Lipinski definition) is 4. The normalized spacial score (nSPS) is 10.3. The fourth-order valence-corrected chi connectivity index (χ4v) is 1.02. The lowest BCUT2D eigenvalue weighted by Gasteiger charge is -2.15. The molecule has 0 aliphatic rings. The number of hydroxylamine groups is 2. The van der Waals surface area contributed by atoms with Crippen molar-refractivity contribution in [2.45, 2.75) is 53.3 Å². The molecule has 0 rings (SSSR count). The zero-order valence-corrected chi connectivity index (χ0v) is 11.6. The molecule has 0 aromatic heterocycles. The van der Waals surface area contributed by atoms with Gasteiger partial charge >= 0.3 is 7.12 Å². The maximum atomic E-state index is 11.1. The molecule has 0 atom stereocenters. The molecule has 0 fully saturated rings. The highest BCUT2D eigenvalue weighted by atomic mass is 16.8. The van der Waals surface area contributed by atoms with Crippen LogP contribution in [0.3, 0.4) is 0 Å². The SMILES string of the molecule is CCC(=O)NOB(CCC(C)C)ONC(=O)CC. The van der Waals surface area contributed by atoms with E-state index in [0.29, 0.717) is 25.1 Å². The van der Waals surface area contributed by atoms with Gasteiger partial charge in [-0.2, -0.15) is 0 Å². The van der Waals surface area contributed by atoms with Crippen LogP contribution in [0.4, 0.5) is 0 Å². The average Bonchev–Trinajstić information content (AvgIpc) is 2.36. The molecule has 0 saturated heterocycles. The summed E-state index contributed by atoms with van der Waals surface area (Å²) in [5.74, 6) is 0.0355. The molecule has 0 bridgehead atoms. The van der Waals surface area contributed by atoms with Crippen molar-refractivity contribution in [3.05, 3.63) is 0 Å². The minimum Gasteiger partial charge on any atom is -0.297 e. The first-order valence-electron chi connectivity index (χ1n) is 6.38. The largest absolute Gasteiger partial charge is 0.504 e. The zero-order valence-electron chi connectivity index (χ0n) is 11.6. The second kappa shape index (κ2) is 9.90. The molecule has 0 aliphatic heterocycles. The Hall–Kier alpha value is -1.08. The zero-order chi connectivity index (χ0) is 14.0. The highest BCUT2D eigenvalue weighted by molar-refractivity contribution is 6.44.